The van der Waals surface area contributed by atoms with Crippen molar-refractivity contribution in [2.75, 3.05) is 18.4 Å². The van der Waals surface area contributed by atoms with E-state index in [1.165, 1.54) is 12.1 Å². The number of piperidine rings is 1. The van der Waals surface area contributed by atoms with Crippen molar-refractivity contribution in [3.8, 4) is 0 Å². The number of hydrogen-bond donors (Lipinski definition) is 2. The van der Waals surface area contributed by atoms with E-state index in [0.717, 1.165) is 38.3 Å². The Kier molecular flexibility index (Phi) is 7.16. The molecule has 0 bridgehead atoms. The number of aromatic nitrogens is 3. The van der Waals surface area contributed by atoms with E-state index in [0.29, 0.717) is 35.8 Å². The number of nitrogens with zero attached hydrogens (tertiary/aromatic N) is 4. The predicted molar refractivity (Wildman–Crippen MR) is 135 cm³/mol. The standard InChI is InChI=1S/C27H32F3N5O2/c1-15(20-7-6-8-22(23(20)28)27(29,30)26(4,5)37)32-25-21-13-19(14-31-24(21)33-16(2)34-25)18-9-11-35(12-10-18)17(3)36/h6-8,13-15,18,37H,9-12H2,1-5H3,(H,31,32,33,34)/t15-/m1/s1. The van der Waals surface area contributed by atoms with Crippen molar-refractivity contribution < 1.29 is 23.1 Å². The van der Waals surface area contributed by atoms with Gasteiger partial charge in [0.15, 0.2) is 5.65 Å². The second kappa shape index (κ2) is 9.89. The van der Waals surface area contributed by atoms with Crippen LogP contribution in [0.25, 0.3) is 11.0 Å². The van der Waals surface area contributed by atoms with E-state index in [1.54, 1.807) is 27.0 Å². The third-order valence-corrected chi connectivity index (χ3v) is 7.05. The molecule has 1 atom stereocenters. The molecule has 2 N–H and O–H groups in total. The minimum Gasteiger partial charge on any atom is -0.384 e. The topological polar surface area (TPSA) is 91.2 Å². The van der Waals surface area contributed by atoms with Gasteiger partial charge in [-0.2, -0.15) is 8.78 Å². The van der Waals surface area contributed by atoms with E-state index in [1.807, 2.05) is 11.0 Å². The molecule has 1 saturated heterocycles. The number of halogens is 3. The van der Waals surface area contributed by atoms with Crippen LogP contribution in [0.4, 0.5) is 19.0 Å². The van der Waals surface area contributed by atoms with Gasteiger partial charge in [0.05, 0.1) is 17.0 Å². The monoisotopic (exact) mass is 515 g/mol. The molecule has 0 unspecified atom stereocenters. The number of hydrogen-bond acceptors (Lipinski definition) is 6. The quantitative estimate of drug-likeness (QED) is 0.467. The largest absolute Gasteiger partial charge is 0.384 e. The van der Waals surface area contributed by atoms with Crippen LogP contribution in [0.5, 0.6) is 0 Å². The van der Waals surface area contributed by atoms with Crippen LogP contribution < -0.4 is 5.32 Å². The molecule has 1 amide bonds. The zero-order valence-corrected chi connectivity index (χ0v) is 21.6. The van der Waals surface area contributed by atoms with Gasteiger partial charge >= 0.3 is 5.92 Å². The van der Waals surface area contributed by atoms with Gasteiger partial charge in [0, 0.05) is 31.8 Å². The molecule has 1 aliphatic rings. The van der Waals surface area contributed by atoms with E-state index >= 15 is 4.39 Å². The van der Waals surface area contributed by atoms with E-state index in [9.17, 15) is 18.7 Å². The first-order chi connectivity index (χ1) is 17.3. The molecular formula is C27H32F3N5O2. The number of rotatable bonds is 6. The average Bonchev–Trinajstić information content (AvgIpc) is 2.83. The predicted octanol–water partition coefficient (Wildman–Crippen LogP) is 5.23. The minimum absolute atomic E-state index is 0.0200. The Bertz CT molecular complexity index is 1320. The van der Waals surface area contributed by atoms with E-state index in [4.69, 9.17) is 0 Å². The summed E-state index contributed by atoms with van der Waals surface area (Å²) in [4.78, 5) is 26.9. The summed E-state index contributed by atoms with van der Waals surface area (Å²) in [6.07, 6.45) is 3.41. The Labute approximate surface area is 214 Å². The smallest absolute Gasteiger partial charge is 0.303 e. The summed E-state index contributed by atoms with van der Waals surface area (Å²) >= 11 is 0. The highest BCUT2D eigenvalue weighted by Gasteiger charge is 2.49. The maximum atomic E-state index is 15.3. The average molecular weight is 516 g/mol. The Hall–Kier alpha value is -3.27. The van der Waals surface area contributed by atoms with E-state index < -0.39 is 28.9 Å². The number of fused-ring (bicyclic) bond motifs is 1. The fourth-order valence-corrected chi connectivity index (χ4v) is 4.74. The molecule has 4 rings (SSSR count). The van der Waals surface area contributed by atoms with Crippen molar-refractivity contribution in [2.24, 2.45) is 0 Å². The summed E-state index contributed by atoms with van der Waals surface area (Å²) in [5.74, 6) is -3.71. The number of aryl methyl sites for hydroxylation is 1. The highest BCUT2D eigenvalue weighted by atomic mass is 19.3. The molecule has 37 heavy (non-hydrogen) atoms. The van der Waals surface area contributed by atoms with Crippen LogP contribution in [0.15, 0.2) is 30.5 Å². The first-order valence-electron chi connectivity index (χ1n) is 12.3. The molecule has 2 aromatic heterocycles. The van der Waals surface area contributed by atoms with Crippen molar-refractivity contribution in [1.82, 2.24) is 19.9 Å². The first-order valence-corrected chi connectivity index (χ1v) is 12.3. The normalized spacial score (nSPS) is 16.2. The second-order valence-electron chi connectivity index (χ2n) is 10.2. The van der Waals surface area contributed by atoms with E-state index in [2.05, 4.69) is 20.3 Å². The molecule has 198 valence electrons. The Morgan fingerprint density at radius 1 is 1.22 bits per heavy atom. The summed E-state index contributed by atoms with van der Waals surface area (Å²) in [6, 6.07) is 5.00. The van der Waals surface area contributed by atoms with Gasteiger partial charge in [0.2, 0.25) is 5.91 Å². The van der Waals surface area contributed by atoms with Crippen LogP contribution >= 0.6 is 0 Å². The van der Waals surface area contributed by atoms with E-state index in [-0.39, 0.29) is 17.4 Å². The Morgan fingerprint density at radius 3 is 2.51 bits per heavy atom. The van der Waals surface area contributed by atoms with Crippen molar-refractivity contribution >= 4 is 22.8 Å². The molecule has 1 aromatic carbocycles. The van der Waals surface area contributed by atoms with Gasteiger partial charge in [-0.3, -0.25) is 4.79 Å². The number of carbonyl (C=O) groups is 1. The maximum Gasteiger partial charge on any atom is 0.303 e. The van der Waals surface area contributed by atoms with Crippen molar-refractivity contribution in [2.45, 2.75) is 70.9 Å². The van der Waals surface area contributed by atoms with Gasteiger partial charge in [-0.25, -0.2) is 19.3 Å². The molecule has 10 heteroatoms. The van der Waals surface area contributed by atoms with Crippen molar-refractivity contribution in [1.29, 1.82) is 0 Å². The van der Waals surface area contributed by atoms with Crippen LogP contribution in [0, 0.1) is 12.7 Å². The summed E-state index contributed by atoms with van der Waals surface area (Å²) < 4.78 is 44.9. The molecule has 0 radical (unpaired) electrons. The third kappa shape index (κ3) is 5.25. The number of pyridine rings is 1. The minimum atomic E-state index is -3.79. The molecule has 1 fully saturated rings. The van der Waals surface area contributed by atoms with Crippen LogP contribution in [-0.4, -0.2) is 49.6 Å². The number of carbonyl (C=O) groups excluding carboxylic acids is 1. The molecule has 1 aliphatic heterocycles. The lowest BCUT2D eigenvalue weighted by molar-refractivity contribution is -0.170. The van der Waals surface area contributed by atoms with Crippen LogP contribution in [-0.2, 0) is 10.7 Å². The lowest BCUT2D eigenvalue weighted by Gasteiger charge is -2.31. The fourth-order valence-electron chi connectivity index (χ4n) is 4.74. The summed E-state index contributed by atoms with van der Waals surface area (Å²) in [5, 5.41) is 13.7. The molecular weight excluding hydrogens is 483 g/mol. The summed E-state index contributed by atoms with van der Waals surface area (Å²) in [7, 11) is 0. The molecule has 0 aliphatic carbocycles. The molecule has 0 saturated carbocycles. The van der Waals surface area contributed by atoms with Crippen LogP contribution in [0.2, 0.25) is 0 Å². The van der Waals surface area contributed by atoms with Crippen molar-refractivity contribution in [3.05, 3.63) is 58.8 Å². The van der Waals surface area contributed by atoms with Gasteiger partial charge in [0.1, 0.15) is 23.1 Å². The van der Waals surface area contributed by atoms with Crippen LogP contribution in [0.3, 0.4) is 0 Å². The van der Waals surface area contributed by atoms with Gasteiger partial charge in [0.25, 0.3) is 0 Å². The summed E-state index contributed by atoms with van der Waals surface area (Å²) in [5.41, 5.74) is -1.82. The lowest BCUT2D eigenvalue weighted by Crippen LogP contribution is -2.41. The SMILES string of the molecule is CC(=O)N1CCC(c2cnc3nc(C)nc(N[C@H](C)c4cccc(C(F)(F)C(C)(C)O)c4F)c3c2)CC1. The van der Waals surface area contributed by atoms with Gasteiger partial charge in [-0.15, -0.1) is 0 Å². The molecule has 3 aromatic rings. The number of amides is 1. The maximum absolute atomic E-state index is 15.3. The molecule has 0 spiro atoms. The Balaban J connectivity index is 1.66. The number of nitrogens with one attached hydrogen (secondary N) is 1. The Morgan fingerprint density at radius 2 is 1.89 bits per heavy atom. The number of alkyl halides is 2. The second-order valence-corrected chi connectivity index (χ2v) is 10.2. The number of aliphatic hydroxyl groups is 1. The number of anilines is 1. The van der Waals surface area contributed by atoms with Gasteiger partial charge in [-0.05, 0) is 64.2 Å². The van der Waals surface area contributed by atoms with Crippen molar-refractivity contribution in [3.63, 3.8) is 0 Å². The zero-order chi connectivity index (χ0) is 27.1. The first kappa shape index (κ1) is 26.8. The molecule has 3 heterocycles. The highest BCUT2D eigenvalue weighted by molar-refractivity contribution is 5.87. The third-order valence-electron chi connectivity index (χ3n) is 7.05. The number of benzene rings is 1. The fraction of sp³-hybridized carbons (Fsp3) is 0.481. The molecule has 7 nitrogen and oxygen atoms in total. The highest BCUT2D eigenvalue weighted by Crippen LogP contribution is 2.41. The number of likely N-dealkylation sites (tertiary alicyclic amines) is 1. The van der Waals surface area contributed by atoms with Crippen LogP contribution in [0.1, 0.15) is 75.0 Å². The summed E-state index contributed by atoms with van der Waals surface area (Å²) in [6.45, 7) is 8.19. The van der Waals surface area contributed by atoms with Gasteiger partial charge < -0.3 is 15.3 Å². The van der Waals surface area contributed by atoms with Gasteiger partial charge in [-0.1, -0.05) is 12.1 Å². The lowest BCUT2D eigenvalue weighted by atomic mass is 9.90. The zero-order valence-electron chi connectivity index (χ0n) is 21.6.